The second kappa shape index (κ2) is 6.07. The van der Waals surface area contributed by atoms with Crippen molar-refractivity contribution < 1.29 is 4.79 Å². The molecule has 0 aliphatic carbocycles. The lowest BCUT2D eigenvalue weighted by Gasteiger charge is -2.08. The minimum Gasteiger partial charge on any atom is -0.322 e. The first-order chi connectivity index (χ1) is 10.9. The van der Waals surface area contributed by atoms with Crippen molar-refractivity contribution in [1.82, 2.24) is 4.98 Å². The maximum Gasteiger partial charge on any atom is 0.257 e. The molecule has 1 aromatic heterocycles. The van der Waals surface area contributed by atoms with E-state index in [9.17, 15) is 9.59 Å². The van der Waals surface area contributed by atoms with E-state index in [0.29, 0.717) is 27.4 Å². The number of fused-ring (bicyclic) bond motifs is 1. The van der Waals surface area contributed by atoms with E-state index in [0.717, 1.165) is 5.39 Å². The fraction of sp³-hybridized carbons (Fsp3) is 0.0588. The molecule has 0 spiro atoms. The molecule has 3 rings (SSSR count). The van der Waals surface area contributed by atoms with Crippen LogP contribution < -0.4 is 10.9 Å². The van der Waals surface area contributed by atoms with Gasteiger partial charge in [-0.1, -0.05) is 29.3 Å². The number of H-pyrrole nitrogens is 1. The Morgan fingerprint density at radius 2 is 1.87 bits per heavy atom. The van der Waals surface area contributed by atoms with Gasteiger partial charge in [-0.15, -0.1) is 0 Å². The number of amides is 1. The molecule has 6 heteroatoms. The van der Waals surface area contributed by atoms with Crippen LogP contribution in [0.25, 0.3) is 10.9 Å². The maximum atomic E-state index is 12.3. The summed E-state index contributed by atoms with van der Waals surface area (Å²) in [4.78, 5) is 26.8. The number of halogens is 2. The zero-order valence-corrected chi connectivity index (χ0v) is 13.6. The van der Waals surface area contributed by atoms with Crippen LogP contribution in [-0.2, 0) is 0 Å². The average molecular weight is 347 g/mol. The Balaban J connectivity index is 1.93. The fourth-order valence-corrected chi connectivity index (χ4v) is 2.75. The van der Waals surface area contributed by atoms with Crippen molar-refractivity contribution in [3.8, 4) is 0 Å². The van der Waals surface area contributed by atoms with Crippen molar-refractivity contribution in [2.24, 2.45) is 0 Å². The zero-order valence-electron chi connectivity index (χ0n) is 12.1. The summed E-state index contributed by atoms with van der Waals surface area (Å²) >= 11 is 11.9. The van der Waals surface area contributed by atoms with Crippen molar-refractivity contribution >= 4 is 45.7 Å². The van der Waals surface area contributed by atoms with E-state index in [2.05, 4.69) is 10.3 Å². The van der Waals surface area contributed by atoms with Crippen LogP contribution in [0.2, 0.25) is 10.0 Å². The van der Waals surface area contributed by atoms with Gasteiger partial charge in [0.15, 0.2) is 0 Å². The van der Waals surface area contributed by atoms with Gasteiger partial charge in [0.2, 0.25) is 0 Å². The lowest BCUT2D eigenvalue weighted by Crippen LogP contribution is -2.13. The van der Waals surface area contributed by atoms with Crippen molar-refractivity contribution in [1.29, 1.82) is 0 Å². The number of hydrogen-bond donors (Lipinski definition) is 2. The molecule has 0 aliphatic heterocycles. The second-order valence-corrected chi connectivity index (χ2v) is 6.01. The molecule has 1 heterocycles. The van der Waals surface area contributed by atoms with Crippen molar-refractivity contribution in [2.45, 2.75) is 6.92 Å². The third kappa shape index (κ3) is 3.23. The molecule has 0 atom stereocenters. The second-order valence-electron chi connectivity index (χ2n) is 5.16. The Morgan fingerprint density at radius 3 is 2.61 bits per heavy atom. The van der Waals surface area contributed by atoms with Gasteiger partial charge in [-0.05, 0) is 48.7 Å². The van der Waals surface area contributed by atoms with Gasteiger partial charge in [0.1, 0.15) is 0 Å². The summed E-state index contributed by atoms with van der Waals surface area (Å²) in [7, 11) is 0. The summed E-state index contributed by atoms with van der Waals surface area (Å²) in [6.45, 7) is 1.75. The number of anilines is 1. The molecule has 0 saturated heterocycles. The average Bonchev–Trinajstić information content (AvgIpc) is 2.48. The lowest BCUT2D eigenvalue weighted by molar-refractivity contribution is 0.102. The monoisotopic (exact) mass is 346 g/mol. The van der Waals surface area contributed by atoms with Gasteiger partial charge < -0.3 is 10.3 Å². The molecule has 4 nitrogen and oxygen atoms in total. The van der Waals surface area contributed by atoms with E-state index < -0.39 is 0 Å². The predicted molar refractivity (Wildman–Crippen MR) is 93.7 cm³/mol. The molecule has 0 radical (unpaired) electrons. The molecule has 2 aromatic carbocycles. The number of hydrogen-bond acceptors (Lipinski definition) is 2. The highest BCUT2D eigenvalue weighted by Gasteiger charge is 2.11. The molecule has 3 aromatic rings. The molecule has 0 saturated carbocycles. The van der Waals surface area contributed by atoms with Crippen LogP contribution in [0.15, 0.2) is 47.3 Å². The van der Waals surface area contributed by atoms with Gasteiger partial charge in [-0.2, -0.15) is 0 Å². The summed E-state index contributed by atoms with van der Waals surface area (Å²) < 4.78 is 0. The Kier molecular flexibility index (Phi) is 4.11. The number of carbonyl (C=O) groups is 1. The molecule has 23 heavy (non-hydrogen) atoms. The third-order valence-corrected chi connectivity index (χ3v) is 4.01. The number of aromatic amines is 1. The van der Waals surface area contributed by atoms with Crippen molar-refractivity contribution in [2.75, 3.05) is 5.32 Å². The van der Waals surface area contributed by atoms with Crippen LogP contribution in [0.3, 0.4) is 0 Å². The summed E-state index contributed by atoms with van der Waals surface area (Å²) in [5, 5.41) is 4.39. The van der Waals surface area contributed by atoms with Crippen LogP contribution in [0.5, 0.6) is 0 Å². The van der Waals surface area contributed by atoms with Crippen LogP contribution in [0.1, 0.15) is 15.9 Å². The number of benzene rings is 2. The maximum absolute atomic E-state index is 12.3. The van der Waals surface area contributed by atoms with Crippen LogP contribution >= 0.6 is 23.2 Å². The molecule has 0 fully saturated rings. The van der Waals surface area contributed by atoms with Gasteiger partial charge in [-0.3, -0.25) is 9.59 Å². The van der Waals surface area contributed by atoms with E-state index in [4.69, 9.17) is 23.2 Å². The first-order valence-corrected chi connectivity index (χ1v) is 7.60. The van der Waals surface area contributed by atoms with Crippen molar-refractivity contribution in [3.05, 3.63) is 74.0 Å². The first-order valence-electron chi connectivity index (χ1n) is 6.84. The van der Waals surface area contributed by atoms with Crippen LogP contribution in [0.4, 0.5) is 5.69 Å². The van der Waals surface area contributed by atoms with Crippen molar-refractivity contribution in [3.63, 3.8) is 0 Å². The minimum absolute atomic E-state index is 0.151. The summed E-state index contributed by atoms with van der Waals surface area (Å²) in [5.41, 5.74) is 2.03. The van der Waals surface area contributed by atoms with Gasteiger partial charge >= 0.3 is 0 Å². The molecule has 116 valence electrons. The van der Waals surface area contributed by atoms with Gasteiger partial charge in [0, 0.05) is 16.3 Å². The first kappa shape index (κ1) is 15.6. The topological polar surface area (TPSA) is 62.0 Å². The molecule has 2 N–H and O–H groups in total. The molecule has 0 unspecified atom stereocenters. The number of aromatic nitrogens is 1. The largest absolute Gasteiger partial charge is 0.322 e. The smallest absolute Gasteiger partial charge is 0.257 e. The molecule has 1 amide bonds. The standard InChI is InChI=1S/C17H12Cl2N2O2/c1-9-6-10-2-4-12(8-15(10)21-16(9)22)20-17(23)13-5-3-11(18)7-14(13)19/h2-8H,1H3,(H,20,23)(H,21,22). The highest BCUT2D eigenvalue weighted by molar-refractivity contribution is 6.37. The number of aryl methyl sites for hydroxylation is 1. The Morgan fingerprint density at radius 1 is 1.09 bits per heavy atom. The quantitative estimate of drug-likeness (QED) is 0.722. The Labute approximate surface area is 142 Å². The number of nitrogens with one attached hydrogen (secondary N) is 2. The Hall–Kier alpha value is -2.30. The van der Waals surface area contributed by atoms with E-state index in [-0.39, 0.29) is 16.5 Å². The van der Waals surface area contributed by atoms with Gasteiger partial charge in [-0.25, -0.2) is 0 Å². The predicted octanol–water partition coefficient (Wildman–Crippen LogP) is 4.40. The van der Waals surface area contributed by atoms with E-state index in [1.54, 1.807) is 37.3 Å². The number of pyridine rings is 1. The molecular weight excluding hydrogens is 335 g/mol. The minimum atomic E-state index is -0.347. The fourth-order valence-electron chi connectivity index (χ4n) is 2.26. The van der Waals surface area contributed by atoms with E-state index in [1.165, 1.54) is 6.07 Å². The SMILES string of the molecule is Cc1cc2ccc(NC(=O)c3ccc(Cl)cc3Cl)cc2[nH]c1=O. The molecule has 0 bridgehead atoms. The van der Waals surface area contributed by atoms with E-state index >= 15 is 0 Å². The molecular formula is C17H12Cl2N2O2. The van der Waals surface area contributed by atoms with Crippen LogP contribution in [-0.4, -0.2) is 10.9 Å². The summed E-state index contributed by atoms with van der Waals surface area (Å²) in [6, 6.07) is 11.8. The summed E-state index contributed by atoms with van der Waals surface area (Å²) in [5.74, 6) is -0.347. The normalized spacial score (nSPS) is 10.7. The number of carbonyl (C=O) groups excluding carboxylic acids is 1. The van der Waals surface area contributed by atoms with Gasteiger partial charge in [0.05, 0.1) is 16.1 Å². The summed E-state index contributed by atoms with van der Waals surface area (Å²) in [6.07, 6.45) is 0. The van der Waals surface area contributed by atoms with Gasteiger partial charge in [0.25, 0.3) is 11.5 Å². The third-order valence-electron chi connectivity index (χ3n) is 3.47. The molecule has 0 aliphatic rings. The number of rotatable bonds is 2. The highest BCUT2D eigenvalue weighted by atomic mass is 35.5. The highest BCUT2D eigenvalue weighted by Crippen LogP contribution is 2.23. The van der Waals surface area contributed by atoms with Crippen LogP contribution in [0, 0.1) is 6.92 Å². The Bertz CT molecular complexity index is 980. The lowest BCUT2D eigenvalue weighted by atomic mass is 10.1. The van der Waals surface area contributed by atoms with E-state index in [1.807, 2.05) is 6.07 Å². The zero-order chi connectivity index (χ0) is 16.6.